The molecule has 0 aliphatic heterocycles. The topological polar surface area (TPSA) is 58.2 Å². The summed E-state index contributed by atoms with van der Waals surface area (Å²) in [6, 6.07) is 0. The Labute approximate surface area is 225 Å². The lowest BCUT2D eigenvalue weighted by Crippen LogP contribution is -2.56. The Hall–Kier alpha value is -1.14. The van der Waals surface area contributed by atoms with Crippen LogP contribution in [0, 0.1) is 0 Å². The Kier molecular flexibility index (Phi) is 21.2. The van der Waals surface area contributed by atoms with Gasteiger partial charge in [0.1, 0.15) is 13.1 Å². The highest BCUT2D eigenvalue weighted by Crippen LogP contribution is 2.09. The molecule has 6 nitrogen and oxygen atoms in total. The van der Waals surface area contributed by atoms with Gasteiger partial charge in [0.15, 0.2) is 13.1 Å². The molecule has 0 aromatic carbocycles. The Morgan fingerprint density at radius 1 is 0.472 bits per heavy atom. The predicted molar refractivity (Wildman–Crippen MR) is 155 cm³/mol. The first-order chi connectivity index (χ1) is 17.1. The van der Waals surface area contributed by atoms with Crippen molar-refractivity contribution in [3.05, 3.63) is 0 Å². The van der Waals surface area contributed by atoms with Gasteiger partial charge in [-0.2, -0.15) is 0 Å². The van der Waals surface area contributed by atoms with Crippen LogP contribution in [-0.2, 0) is 9.59 Å². The van der Waals surface area contributed by atoms with Gasteiger partial charge in [0.25, 0.3) is 11.8 Å². The van der Waals surface area contributed by atoms with Gasteiger partial charge in [0.2, 0.25) is 0 Å². The van der Waals surface area contributed by atoms with E-state index in [0.29, 0.717) is 22.1 Å². The number of unbranched alkanes of at least 4 members (excludes halogenated alkanes) is 14. The number of amides is 2. The lowest BCUT2D eigenvalue weighted by Gasteiger charge is -2.34. The minimum absolute atomic E-state index is 0.136. The van der Waals surface area contributed by atoms with Gasteiger partial charge >= 0.3 is 0 Å². The van der Waals surface area contributed by atoms with Crippen molar-refractivity contribution >= 4 is 11.8 Å². The molecule has 0 aliphatic carbocycles. The average molecular weight is 513 g/mol. The number of rotatable bonds is 25. The van der Waals surface area contributed by atoms with E-state index >= 15 is 0 Å². The number of quaternary nitrogens is 2. The molecule has 36 heavy (non-hydrogen) atoms. The van der Waals surface area contributed by atoms with Crippen LogP contribution in [0.2, 0.25) is 0 Å². The molecule has 0 bridgehead atoms. The molecule has 214 valence electrons. The molecule has 0 heterocycles. The zero-order valence-corrected chi connectivity index (χ0v) is 25.3. The molecule has 6 heteroatoms. The van der Waals surface area contributed by atoms with Gasteiger partial charge in [0.05, 0.1) is 28.2 Å². The van der Waals surface area contributed by atoms with E-state index in [1.165, 1.54) is 89.9 Å². The van der Waals surface area contributed by atoms with E-state index in [0.717, 1.165) is 39.0 Å². The van der Waals surface area contributed by atoms with Crippen molar-refractivity contribution in [3.63, 3.8) is 0 Å². The molecule has 0 saturated carbocycles. The molecule has 0 radical (unpaired) electrons. The lowest BCUT2D eigenvalue weighted by atomic mass is 10.1. The van der Waals surface area contributed by atoms with Gasteiger partial charge in [0, 0.05) is 13.1 Å². The van der Waals surface area contributed by atoms with E-state index in [4.69, 9.17) is 0 Å². The van der Waals surface area contributed by atoms with E-state index in [-0.39, 0.29) is 11.8 Å². The molecular formula is C30H64N4O2+2. The molecular weight excluding hydrogens is 448 g/mol. The number of hydrogen-bond donors (Lipinski definition) is 2. The first-order valence-electron chi connectivity index (χ1n) is 15.3. The molecule has 2 amide bonds. The van der Waals surface area contributed by atoms with Crippen molar-refractivity contribution < 1.29 is 18.6 Å². The first kappa shape index (κ1) is 34.9. The minimum atomic E-state index is 0.136. The molecule has 0 rings (SSSR count). The van der Waals surface area contributed by atoms with Crippen LogP contribution < -0.4 is 10.6 Å². The van der Waals surface area contributed by atoms with Crippen molar-refractivity contribution in [3.8, 4) is 0 Å². The number of carbonyl (C=O) groups is 2. The maximum atomic E-state index is 12.4. The maximum Gasteiger partial charge on any atom is 0.275 e. The van der Waals surface area contributed by atoms with E-state index in [1.807, 2.05) is 0 Å². The Balaban J connectivity index is 3.92. The fraction of sp³-hybridized carbons (Fsp3) is 0.933. The highest BCUT2D eigenvalue weighted by Gasteiger charge is 2.27. The number of hydrogen-bond acceptors (Lipinski definition) is 2. The van der Waals surface area contributed by atoms with Crippen LogP contribution >= 0.6 is 0 Å². The molecule has 0 unspecified atom stereocenters. The van der Waals surface area contributed by atoms with Gasteiger partial charge in [-0.1, -0.05) is 104 Å². The van der Waals surface area contributed by atoms with Crippen LogP contribution in [0.15, 0.2) is 0 Å². The number of likely N-dealkylation sites (N-methyl/N-ethyl adjacent to an activating group) is 2. The second kappa shape index (κ2) is 21.9. The quantitative estimate of drug-likeness (QED) is 0.123. The zero-order chi connectivity index (χ0) is 27.1. The van der Waals surface area contributed by atoms with Crippen LogP contribution in [-0.4, -0.2) is 88.2 Å². The predicted octanol–water partition coefficient (Wildman–Crippen LogP) is 5.65. The van der Waals surface area contributed by atoms with Crippen LogP contribution in [0.1, 0.15) is 117 Å². The normalized spacial score (nSPS) is 12.1. The minimum Gasteiger partial charge on any atom is -0.351 e. The Bertz CT molecular complexity index is 501. The van der Waals surface area contributed by atoms with Crippen molar-refractivity contribution in [2.45, 2.75) is 117 Å². The summed E-state index contributed by atoms with van der Waals surface area (Å²) < 4.78 is 1.29. The zero-order valence-electron chi connectivity index (χ0n) is 25.3. The van der Waals surface area contributed by atoms with Gasteiger partial charge in [-0.05, 0) is 12.8 Å². The van der Waals surface area contributed by atoms with Gasteiger partial charge in [-0.3, -0.25) is 9.59 Å². The van der Waals surface area contributed by atoms with E-state index in [2.05, 4.69) is 52.7 Å². The maximum absolute atomic E-state index is 12.4. The summed E-state index contributed by atoms with van der Waals surface area (Å²) in [6.45, 7) is 8.78. The van der Waals surface area contributed by atoms with E-state index < -0.39 is 0 Å². The summed E-state index contributed by atoms with van der Waals surface area (Å²) in [7, 11) is 8.44. The van der Waals surface area contributed by atoms with Gasteiger partial charge in [-0.15, -0.1) is 0 Å². The van der Waals surface area contributed by atoms with Crippen molar-refractivity contribution in [1.82, 2.24) is 10.6 Å². The number of nitrogens with zero attached hydrogens (tertiary/aromatic N) is 2. The van der Waals surface area contributed by atoms with E-state index in [1.54, 1.807) is 0 Å². The van der Waals surface area contributed by atoms with Crippen LogP contribution in [0.5, 0.6) is 0 Å². The molecule has 0 aliphatic rings. The fourth-order valence-electron chi connectivity index (χ4n) is 4.56. The van der Waals surface area contributed by atoms with Crippen molar-refractivity contribution in [2.24, 2.45) is 0 Å². The second-order valence-corrected chi connectivity index (χ2v) is 12.3. The Morgan fingerprint density at radius 3 is 1.06 bits per heavy atom. The Morgan fingerprint density at radius 2 is 0.750 bits per heavy atom. The lowest BCUT2D eigenvalue weighted by molar-refractivity contribution is -0.938. The third-order valence-corrected chi connectivity index (χ3v) is 7.16. The highest BCUT2D eigenvalue weighted by molar-refractivity contribution is 5.77. The van der Waals surface area contributed by atoms with Gasteiger partial charge < -0.3 is 19.6 Å². The fourth-order valence-corrected chi connectivity index (χ4v) is 4.56. The molecule has 0 atom stereocenters. The molecule has 2 N–H and O–H groups in total. The van der Waals surface area contributed by atoms with Crippen molar-refractivity contribution in [1.29, 1.82) is 0 Å². The third kappa shape index (κ3) is 23.3. The number of carbonyl (C=O) groups excluding carboxylic acids is 2. The molecule has 0 aromatic heterocycles. The second-order valence-electron chi connectivity index (χ2n) is 12.3. The largest absolute Gasteiger partial charge is 0.351 e. The number of nitrogens with one attached hydrogen (secondary N) is 2. The van der Waals surface area contributed by atoms with Crippen molar-refractivity contribution in [2.75, 3.05) is 67.5 Å². The highest BCUT2D eigenvalue weighted by atomic mass is 16.2. The van der Waals surface area contributed by atoms with Crippen LogP contribution in [0.25, 0.3) is 0 Å². The summed E-state index contributed by atoms with van der Waals surface area (Å²) in [4.78, 5) is 24.9. The monoisotopic (exact) mass is 513 g/mol. The smallest absolute Gasteiger partial charge is 0.275 e. The summed E-state index contributed by atoms with van der Waals surface area (Å²) in [6.07, 6.45) is 20.5. The van der Waals surface area contributed by atoms with Crippen LogP contribution in [0.4, 0.5) is 0 Å². The third-order valence-electron chi connectivity index (χ3n) is 7.16. The average Bonchev–Trinajstić information content (AvgIpc) is 2.80. The molecule has 0 aromatic rings. The molecule has 0 fully saturated rings. The summed E-state index contributed by atoms with van der Waals surface area (Å²) >= 11 is 0. The van der Waals surface area contributed by atoms with E-state index in [9.17, 15) is 9.59 Å². The molecule has 0 spiro atoms. The van der Waals surface area contributed by atoms with Crippen LogP contribution in [0.3, 0.4) is 0 Å². The standard InChI is InChI=1S/C30H62N4O2/c1-7-9-11-13-15-17-19-21-23-31-29(35)27-33(3,4)25-26-34(5,6)28-30(36)32-24-22-20-18-16-14-12-10-8-2/h7-28H2,1-6H3/p+2. The summed E-state index contributed by atoms with van der Waals surface area (Å²) in [5.74, 6) is 0.271. The first-order valence-corrected chi connectivity index (χ1v) is 15.3. The SMILES string of the molecule is CCCCCCCCCCNC(=O)C[N+](C)(C)CC[N+](C)(C)CC(=O)NCCCCCCCCCC. The summed E-state index contributed by atoms with van der Waals surface area (Å²) in [5.41, 5.74) is 0. The van der Waals surface area contributed by atoms with Gasteiger partial charge in [-0.25, -0.2) is 0 Å². The molecule has 0 saturated heterocycles. The summed E-state index contributed by atoms with van der Waals surface area (Å²) in [5, 5.41) is 6.21.